The molecule has 24 nitrogen and oxygen atoms in total. The van der Waals surface area contributed by atoms with Crippen LogP contribution in [-0.2, 0) is 41.7 Å². The molecule has 0 radical (unpaired) electrons. The summed E-state index contributed by atoms with van der Waals surface area (Å²) in [5, 5.41) is 39.5. The van der Waals surface area contributed by atoms with Gasteiger partial charge in [0.2, 0.25) is 0 Å². The molecule has 5 atom stereocenters. The summed E-state index contributed by atoms with van der Waals surface area (Å²) >= 11 is 0. The summed E-state index contributed by atoms with van der Waals surface area (Å²) in [6.45, 7) is 6.93. The van der Waals surface area contributed by atoms with Gasteiger partial charge in [0.1, 0.15) is 57.5 Å². The molecule has 0 saturated heterocycles. The van der Waals surface area contributed by atoms with Crippen LogP contribution in [0.15, 0.2) is 212 Å². The number of aliphatic carboxylic acids is 2. The van der Waals surface area contributed by atoms with E-state index in [2.05, 4.69) is 203 Å². The van der Waals surface area contributed by atoms with Crippen LogP contribution in [0.2, 0.25) is 0 Å². The molecule has 5 aliphatic rings. The lowest BCUT2D eigenvalue weighted by Crippen LogP contribution is -2.30. The number of H-pyrrole nitrogens is 5. The van der Waals surface area contributed by atoms with Gasteiger partial charge in [-0.05, 0) is 151 Å². The number of carbonyl (C=O) groups is 2. The fourth-order valence-corrected chi connectivity index (χ4v) is 17.5. The van der Waals surface area contributed by atoms with E-state index < -0.39 is 11.9 Å². The maximum atomic E-state index is 9.00. The number of para-hydroxylation sites is 5. The largest absolute Gasteiger partial charge is 0.497 e. The van der Waals surface area contributed by atoms with Crippen LogP contribution >= 0.6 is 0 Å². The van der Waals surface area contributed by atoms with E-state index >= 15 is 0 Å². The topological polar surface area (TPSA) is 306 Å². The number of nitrogens with one attached hydrogen (secondary N) is 10. The first-order chi connectivity index (χ1) is 60.0. The Hall–Kier alpha value is -13.4. The van der Waals surface area contributed by atoms with Crippen LogP contribution in [0, 0.1) is 0 Å². The van der Waals surface area contributed by atoms with Crippen molar-refractivity contribution in [3.63, 3.8) is 0 Å². The van der Waals surface area contributed by atoms with Gasteiger partial charge in [-0.25, -0.2) is 0 Å². The zero-order chi connectivity index (χ0) is 86.2. The van der Waals surface area contributed by atoms with Crippen molar-refractivity contribution in [2.45, 2.75) is 76.2 Å². The highest BCUT2D eigenvalue weighted by atomic mass is 16.5. The van der Waals surface area contributed by atoms with Gasteiger partial charge in [0.25, 0.3) is 11.9 Å². The minimum atomic E-state index is -0.833. The Kier molecular flexibility index (Phi) is 27.9. The predicted octanol–water partition coefficient (Wildman–Crippen LogP) is 17.3. The van der Waals surface area contributed by atoms with Gasteiger partial charge in [-0.2, -0.15) is 0 Å². The van der Waals surface area contributed by atoms with Crippen LogP contribution < -0.4 is 74.0 Å². The SMILES string of the molecule is CC(=O)O.CC(=O)O.COc1ccc(C2NCCc3c2[nH]c2ccccc32)c(OC)c1.COc1ccc(C2NCCc3c2[nH]c2ccccc32)c(OC)c1.COc1ccc(C2NCCc3c2[nH]c2ccccc32)c(OC)c1.COc1ccc(C2NCCc3c2[nH]c2ccccc32)c(OC)c1.COc1ccc(C2NCCc3c2[nH]c2ccccc32)c(OC)c1. The van der Waals surface area contributed by atoms with Crippen molar-refractivity contribution in [3.05, 3.63) is 296 Å². The molecule has 20 rings (SSSR count). The quantitative estimate of drug-likeness (QED) is 0.0454. The number of rotatable bonds is 15. The lowest BCUT2D eigenvalue weighted by molar-refractivity contribution is -0.135. The molecule has 5 aliphatic heterocycles. The Labute approximate surface area is 715 Å². The van der Waals surface area contributed by atoms with E-state index in [4.69, 9.17) is 67.2 Å². The van der Waals surface area contributed by atoms with Crippen LogP contribution in [0.1, 0.15) is 128 Å². The average molecular weight is 1660 g/mol. The standard InChI is InChI=1S/5C19H20N2O2.2C2H4O2/c5*1-22-12-7-8-15(17(11-12)23-2)18-19-14(9-10-20-18)13-5-3-4-6-16(13)21-19;2*1-2(3)4/h5*3-8,11,18,20-21H,9-10H2,1-2H3;2*1H3,(H,3,4). The third-order valence-electron chi connectivity index (χ3n) is 23.1. The summed E-state index contributed by atoms with van der Waals surface area (Å²) in [6, 6.07) is 73.0. The van der Waals surface area contributed by atoms with E-state index in [1.807, 2.05) is 60.7 Å². The minimum Gasteiger partial charge on any atom is -0.497 e. The molecule has 0 bridgehead atoms. The molecule has 123 heavy (non-hydrogen) atoms. The smallest absolute Gasteiger partial charge is 0.300 e. The van der Waals surface area contributed by atoms with Gasteiger partial charge in [-0.15, -0.1) is 0 Å². The fourth-order valence-electron chi connectivity index (χ4n) is 17.5. The predicted molar refractivity (Wildman–Crippen MR) is 484 cm³/mol. The van der Waals surface area contributed by atoms with Gasteiger partial charge in [0.15, 0.2) is 0 Å². The highest BCUT2D eigenvalue weighted by Crippen LogP contribution is 2.45. The van der Waals surface area contributed by atoms with Crippen molar-refractivity contribution in [1.29, 1.82) is 0 Å². The number of fused-ring (bicyclic) bond motifs is 15. The molecule has 10 aromatic carbocycles. The molecule has 15 aromatic rings. The van der Waals surface area contributed by atoms with Crippen molar-refractivity contribution in [2.24, 2.45) is 0 Å². The lowest BCUT2D eigenvalue weighted by atomic mass is 9.93. The van der Waals surface area contributed by atoms with Gasteiger partial charge in [-0.1, -0.05) is 91.0 Å². The van der Waals surface area contributed by atoms with Gasteiger partial charge >= 0.3 is 0 Å². The summed E-state index contributed by atoms with van der Waals surface area (Å²) in [5.74, 6) is 6.56. The van der Waals surface area contributed by atoms with Gasteiger partial charge in [0, 0.05) is 188 Å². The molecule has 5 aromatic heterocycles. The maximum Gasteiger partial charge on any atom is 0.300 e. The molecule has 12 N–H and O–H groups in total. The number of carboxylic acid groups (broad SMARTS) is 2. The van der Waals surface area contributed by atoms with Crippen molar-refractivity contribution in [3.8, 4) is 57.5 Å². The number of hydrogen-bond donors (Lipinski definition) is 12. The number of ether oxygens (including phenoxy) is 10. The van der Waals surface area contributed by atoms with Crippen LogP contribution in [0.5, 0.6) is 57.5 Å². The first kappa shape index (κ1) is 86.0. The van der Waals surface area contributed by atoms with Crippen molar-refractivity contribution in [2.75, 3.05) is 104 Å². The molecule has 0 aliphatic carbocycles. The summed E-state index contributed by atoms with van der Waals surface area (Å²) < 4.78 is 54.5. The number of carboxylic acids is 2. The molecule has 10 heterocycles. The Morgan fingerprint density at radius 3 is 0.569 bits per heavy atom. The minimum absolute atomic E-state index is 0.104. The maximum absolute atomic E-state index is 9.00. The highest BCUT2D eigenvalue weighted by Gasteiger charge is 2.34. The van der Waals surface area contributed by atoms with Crippen molar-refractivity contribution in [1.82, 2.24) is 51.5 Å². The second-order valence-corrected chi connectivity index (χ2v) is 30.1. The Balaban J connectivity index is 0.000000122. The molecule has 0 spiro atoms. The van der Waals surface area contributed by atoms with Crippen LogP contribution in [0.3, 0.4) is 0 Å². The van der Waals surface area contributed by atoms with Crippen LogP contribution in [0.4, 0.5) is 0 Å². The summed E-state index contributed by atoms with van der Waals surface area (Å²) in [6.07, 6.45) is 5.18. The zero-order valence-electron chi connectivity index (χ0n) is 71.5. The number of aromatic nitrogens is 5. The first-order valence-corrected chi connectivity index (χ1v) is 41.2. The molecular formula is C99H108N10O14. The monoisotopic (exact) mass is 1660 g/mol. The van der Waals surface area contributed by atoms with E-state index in [1.165, 1.54) is 111 Å². The molecule has 0 saturated carbocycles. The lowest BCUT2D eigenvalue weighted by Gasteiger charge is -2.26. The van der Waals surface area contributed by atoms with E-state index in [9.17, 15) is 0 Å². The highest BCUT2D eigenvalue weighted by molar-refractivity contribution is 5.89. The van der Waals surface area contributed by atoms with Gasteiger partial charge in [-0.3, -0.25) is 9.59 Å². The van der Waals surface area contributed by atoms with E-state index in [-0.39, 0.29) is 30.2 Å². The molecule has 24 heteroatoms. The zero-order valence-corrected chi connectivity index (χ0v) is 71.5. The van der Waals surface area contributed by atoms with Crippen molar-refractivity contribution >= 4 is 66.5 Å². The summed E-state index contributed by atoms with van der Waals surface area (Å²) in [5.41, 5.74) is 24.8. The van der Waals surface area contributed by atoms with Gasteiger partial charge < -0.3 is 109 Å². The number of benzene rings is 10. The number of hydrogen-bond acceptors (Lipinski definition) is 17. The summed E-state index contributed by atoms with van der Waals surface area (Å²) in [4.78, 5) is 36.0. The second-order valence-electron chi connectivity index (χ2n) is 30.1. The normalized spacial score (nSPS) is 16.3. The first-order valence-electron chi connectivity index (χ1n) is 41.2. The third kappa shape index (κ3) is 18.8. The molecular weight excluding hydrogens is 1550 g/mol. The van der Waals surface area contributed by atoms with Crippen LogP contribution in [-0.4, -0.2) is 151 Å². The molecule has 0 amide bonds. The van der Waals surface area contributed by atoms with Crippen molar-refractivity contribution < 1.29 is 67.2 Å². The van der Waals surface area contributed by atoms with Crippen LogP contribution in [0.25, 0.3) is 54.5 Å². The number of aromatic amines is 5. The van der Waals surface area contributed by atoms with E-state index in [0.717, 1.165) is 164 Å². The Morgan fingerprint density at radius 2 is 0.415 bits per heavy atom. The summed E-state index contributed by atoms with van der Waals surface area (Å²) in [7, 11) is 16.9. The second kappa shape index (κ2) is 39.9. The average Bonchev–Trinajstić information content (AvgIpc) is 1.65. The molecule has 638 valence electrons. The molecule has 5 unspecified atom stereocenters. The Morgan fingerprint density at radius 1 is 0.252 bits per heavy atom. The van der Waals surface area contributed by atoms with E-state index in [0.29, 0.717) is 0 Å². The third-order valence-corrected chi connectivity index (χ3v) is 23.1. The molecule has 0 fully saturated rings. The number of methoxy groups -OCH3 is 10. The Bertz CT molecular complexity index is 5330. The van der Waals surface area contributed by atoms with Gasteiger partial charge in [0.05, 0.1) is 101 Å². The fraction of sp³-hybridized carbons (Fsp3) is 0.273. The van der Waals surface area contributed by atoms with E-state index in [1.54, 1.807) is 71.1 Å².